The summed E-state index contributed by atoms with van der Waals surface area (Å²) in [6, 6.07) is 0. The number of furan rings is 1. The Balaban J connectivity index is 0.000000257. The molecular weight excluding hydrogens is 540 g/mol. The van der Waals surface area contributed by atoms with Gasteiger partial charge in [-0.1, -0.05) is 5.59 Å². The molecule has 1 aromatic rings. The topological polar surface area (TPSA) is 142 Å². The van der Waals surface area contributed by atoms with Crippen molar-refractivity contribution in [1.29, 1.82) is 0 Å². The predicted octanol–water partition coefficient (Wildman–Crippen LogP) is 2.30. The molecule has 1 fully saturated rings. The molecule has 25 heavy (non-hydrogen) atoms. The van der Waals surface area contributed by atoms with Crippen molar-refractivity contribution in [2.24, 2.45) is 5.84 Å². The molecule has 0 amide bonds. The Hall–Kier alpha value is -0.540. The number of carboxylic acid groups (broad SMARTS) is 1. The molecule has 0 bridgehead atoms. The molecule has 10 nitrogen and oxygen atoms in total. The van der Waals surface area contributed by atoms with Crippen LogP contribution < -0.4 is 11.4 Å². The molecule has 0 aromatic carbocycles. The van der Waals surface area contributed by atoms with Crippen LogP contribution in [0.2, 0.25) is 0 Å². The third kappa shape index (κ3) is 5.47. The minimum atomic E-state index is -1.41. The molecule has 0 radical (unpaired) electrons. The van der Waals surface area contributed by atoms with E-state index in [2.05, 4.69) is 52.6 Å². The molecule has 2 atom stereocenters. The first-order valence-corrected chi connectivity index (χ1v) is 8.89. The van der Waals surface area contributed by atoms with E-state index in [1.54, 1.807) is 5.59 Å². The summed E-state index contributed by atoms with van der Waals surface area (Å²) in [6.07, 6.45) is 0.465. The number of carbonyl (C=O) groups excluding carboxylic acids is 1. The van der Waals surface area contributed by atoms with Crippen molar-refractivity contribution in [2.45, 2.75) is 24.9 Å². The van der Waals surface area contributed by atoms with Gasteiger partial charge in [0.05, 0.1) is 8.95 Å². The zero-order chi connectivity index (χ0) is 19.2. The van der Waals surface area contributed by atoms with E-state index < -0.39 is 24.0 Å². The molecule has 1 aliphatic rings. The highest BCUT2D eigenvalue weighted by Gasteiger charge is 2.49. The number of hydrogen-bond donors (Lipinski definition) is 3. The van der Waals surface area contributed by atoms with Crippen LogP contribution in [-0.2, 0) is 23.8 Å². The van der Waals surface area contributed by atoms with Crippen molar-refractivity contribution in [2.75, 3.05) is 14.2 Å². The molecule has 1 saturated heterocycles. The Labute approximate surface area is 167 Å². The minimum absolute atomic E-state index is 0.122. The lowest BCUT2D eigenvalue weighted by molar-refractivity contribution is -0.264. The SMILES string of the molecule is COC1CCC(OC)(C(=O)ONN)O1.O=C(O)c1oc(Br)c(Br)c1Br. The molecule has 2 rings (SSSR count). The molecule has 1 aromatic heterocycles. The smallest absolute Gasteiger partial charge is 0.386 e. The highest BCUT2D eigenvalue weighted by Crippen LogP contribution is 2.36. The molecule has 13 heteroatoms. The summed E-state index contributed by atoms with van der Waals surface area (Å²) in [5, 5.41) is 8.54. The standard InChI is InChI=1S/C7H14N2O5.C5HBr3O3/c1-11-5-3-4-7(12-2,13-5)6(10)14-9-8;6-1-2(7)4(8)11-3(1)5(9)10/h5,9H,3-4,8H2,1-2H3;(H,9,10). The van der Waals surface area contributed by atoms with E-state index in [9.17, 15) is 9.59 Å². The van der Waals surface area contributed by atoms with Crippen LogP contribution in [0.3, 0.4) is 0 Å². The normalized spacial score (nSPS) is 22.2. The van der Waals surface area contributed by atoms with Crippen molar-refractivity contribution in [3.63, 3.8) is 0 Å². The number of ether oxygens (including phenoxy) is 3. The van der Waals surface area contributed by atoms with Gasteiger partial charge in [-0.2, -0.15) is 0 Å². The minimum Gasteiger partial charge on any atom is -0.475 e. The second-order valence-electron chi connectivity index (χ2n) is 4.42. The average molecular weight is 555 g/mol. The third-order valence-corrected chi connectivity index (χ3v) is 6.17. The summed E-state index contributed by atoms with van der Waals surface area (Å²) in [4.78, 5) is 26.2. The van der Waals surface area contributed by atoms with E-state index in [0.717, 1.165) is 0 Å². The van der Waals surface area contributed by atoms with Crippen LogP contribution in [-0.4, -0.2) is 43.3 Å². The Morgan fingerprint density at radius 1 is 1.32 bits per heavy atom. The zero-order valence-electron chi connectivity index (χ0n) is 13.0. The number of halogens is 3. The number of methoxy groups -OCH3 is 2. The van der Waals surface area contributed by atoms with E-state index in [-0.39, 0.29) is 5.76 Å². The maximum Gasteiger partial charge on any atom is 0.386 e. The fraction of sp³-hybridized carbons (Fsp3) is 0.500. The highest BCUT2D eigenvalue weighted by atomic mass is 79.9. The van der Waals surface area contributed by atoms with Gasteiger partial charge in [-0.15, -0.1) is 0 Å². The first kappa shape index (κ1) is 22.5. The van der Waals surface area contributed by atoms with Crippen LogP contribution in [0.25, 0.3) is 0 Å². The molecule has 4 N–H and O–H groups in total. The molecule has 2 heterocycles. The van der Waals surface area contributed by atoms with Gasteiger partial charge in [0.1, 0.15) is 0 Å². The molecular formula is C12H15Br3N2O8. The number of rotatable bonds is 5. The molecule has 1 aliphatic heterocycles. The highest BCUT2D eigenvalue weighted by molar-refractivity contribution is 9.14. The monoisotopic (exact) mass is 552 g/mol. The molecule has 0 aliphatic carbocycles. The number of hydrogen-bond acceptors (Lipinski definition) is 9. The number of carbonyl (C=O) groups is 2. The van der Waals surface area contributed by atoms with Gasteiger partial charge < -0.3 is 28.6 Å². The Morgan fingerprint density at radius 3 is 2.28 bits per heavy atom. The lowest BCUT2D eigenvalue weighted by Gasteiger charge is -2.23. The van der Waals surface area contributed by atoms with Gasteiger partial charge in [-0.3, -0.25) is 0 Å². The van der Waals surface area contributed by atoms with Crippen molar-refractivity contribution in [3.05, 3.63) is 19.4 Å². The number of nitrogens with one attached hydrogen (secondary N) is 1. The van der Waals surface area contributed by atoms with E-state index in [1.807, 2.05) is 0 Å². The van der Waals surface area contributed by atoms with Crippen molar-refractivity contribution in [1.82, 2.24) is 5.59 Å². The lowest BCUT2D eigenvalue weighted by atomic mass is 10.2. The summed E-state index contributed by atoms with van der Waals surface area (Å²) in [5.74, 6) is 1.48. The molecule has 0 saturated carbocycles. The molecule has 142 valence electrons. The fourth-order valence-corrected chi connectivity index (χ4v) is 3.14. The maximum absolute atomic E-state index is 11.4. The predicted molar refractivity (Wildman–Crippen MR) is 93.0 cm³/mol. The van der Waals surface area contributed by atoms with Gasteiger partial charge in [0, 0.05) is 27.1 Å². The number of aromatic carboxylic acids is 1. The second-order valence-corrected chi connectivity index (χ2v) is 6.73. The summed E-state index contributed by atoms with van der Waals surface area (Å²) in [5.41, 5.74) is 1.79. The maximum atomic E-state index is 11.4. The van der Waals surface area contributed by atoms with E-state index in [1.165, 1.54) is 14.2 Å². The van der Waals surface area contributed by atoms with Crippen LogP contribution in [0.1, 0.15) is 23.4 Å². The fourth-order valence-electron chi connectivity index (χ4n) is 1.82. The van der Waals surface area contributed by atoms with Gasteiger partial charge in [-0.05, 0) is 47.8 Å². The summed E-state index contributed by atoms with van der Waals surface area (Å²) in [6.45, 7) is 0. The quantitative estimate of drug-likeness (QED) is 0.366. The molecule has 2 unspecified atom stereocenters. The first-order valence-electron chi connectivity index (χ1n) is 6.51. The number of hydrazine groups is 1. The van der Waals surface area contributed by atoms with Crippen LogP contribution in [0.15, 0.2) is 18.0 Å². The van der Waals surface area contributed by atoms with Gasteiger partial charge in [0.2, 0.25) is 5.76 Å². The Morgan fingerprint density at radius 2 is 1.96 bits per heavy atom. The van der Waals surface area contributed by atoms with Crippen LogP contribution in [0.4, 0.5) is 0 Å². The van der Waals surface area contributed by atoms with Gasteiger partial charge in [0.25, 0.3) is 5.79 Å². The summed E-state index contributed by atoms with van der Waals surface area (Å²) in [7, 11) is 2.85. The van der Waals surface area contributed by atoms with Gasteiger partial charge in [-0.25, -0.2) is 15.4 Å². The van der Waals surface area contributed by atoms with Crippen molar-refractivity contribution in [3.8, 4) is 0 Å². The number of carboxylic acids is 1. The Bertz CT molecular complexity index is 626. The summed E-state index contributed by atoms with van der Waals surface area (Å²) >= 11 is 9.20. The average Bonchev–Trinajstić information content (AvgIpc) is 3.13. The summed E-state index contributed by atoms with van der Waals surface area (Å²) < 4.78 is 21.3. The lowest BCUT2D eigenvalue weighted by Crippen LogP contribution is -2.45. The van der Waals surface area contributed by atoms with Crippen LogP contribution in [0.5, 0.6) is 0 Å². The van der Waals surface area contributed by atoms with Crippen LogP contribution >= 0.6 is 47.8 Å². The van der Waals surface area contributed by atoms with Crippen LogP contribution in [0, 0.1) is 0 Å². The van der Waals surface area contributed by atoms with Gasteiger partial charge >= 0.3 is 11.9 Å². The van der Waals surface area contributed by atoms with Crippen molar-refractivity contribution < 1.29 is 38.2 Å². The third-order valence-electron chi connectivity index (χ3n) is 3.04. The zero-order valence-corrected chi connectivity index (χ0v) is 17.8. The van der Waals surface area contributed by atoms with E-state index in [4.69, 9.17) is 29.6 Å². The van der Waals surface area contributed by atoms with Gasteiger partial charge in [0.15, 0.2) is 11.0 Å². The number of nitrogens with two attached hydrogens (primary N) is 1. The largest absolute Gasteiger partial charge is 0.475 e. The van der Waals surface area contributed by atoms with E-state index >= 15 is 0 Å². The van der Waals surface area contributed by atoms with Crippen molar-refractivity contribution >= 4 is 59.7 Å². The van der Waals surface area contributed by atoms with E-state index in [0.29, 0.717) is 26.5 Å². The molecule has 0 spiro atoms. The first-order chi connectivity index (χ1) is 11.7. The second kappa shape index (κ2) is 9.97. The Kier molecular flexibility index (Phi) is 8.97.